The summed E-state index contributed by atoms with van der Waals surface area (Å²) in [5, 5.41) is 0. The van der Waals surface area contributed by atoms with Crippen molar-refractivity contribution in [2.45, 2.75) is 76.4 Å². The average molecular weight is 370 g/mol. The van der Waals surface area contributed by atoms with E-state index in [4.69, 9.17) is 18.9 Å². The molecule has 2 fully saturated rings. The highest BCUT2D eigenvalue weighted by molar-refractivity contribution is 5.73. The predicted molar refractivity (Wildman–Crippen MR) is 96.7 cm³/mol. The number of ether oxygens (including phenoxy) is 4. The molecule has 6 heteroatoms. The molecule has 2 aliphatic carbocycles. The molecular formula is C20H34O6. The maximum absolute atomic E-state index is 12.1. The summed E-state index contributed by atoms with van der Waals surface area (Å²) >= 11 is 0. The summed E-state index contributed by atoms with van der Waals surface area (Å²) in [6, 6.07) is 0. The zero-order valence-electron chi connectivity index (χ0n) is 16.2. The molecule has 0 amide bonds. The van der Waals surface area contributed by atoms with Gasteiger partial charge in [0.2, 0.25) is 0 Å². The molecule has 0 heterocycles. The maximum atomic E-state index is 12.1. The molecule has 0 aliphatic heterocycles. The zero-order valence-corrected chi connectivity index (χ0v) is 16.2. The molecule has 0 bridgehead atoms. The normalized spacial score (nSPS) is 29.2. The van der Waals surface area contributed by atoms with Crippen molar-refractivity contribution in [1.82, 2.24) is 0 Å². The van der Waals surface area contributed by atoms with Gasteiger partial charge in [-0.05, 0) is 51.4 Å². The molecule has 2 aliphatic rings. The number of hydrogen-bond donors (Lipinski definition) is 0. The molecular weight excluding hydrogens is 336 g/mol. The Balaban J connectivity index is 1.52. The van der Waals surface area contributed by atoms with Crippen LogP contribution in [0.1, 0.15) is 64.2 Å². The fraction of sp³-hybridized carbons (Fsp3) is 0.900. The monoisotopic (exact) mass is 370 g/mol. The van der Waals surface area contributed by atoms with Gasteiger partial charge in [0.15, 0.2) is 0 Å². The van der Waals surface area contributed by atoms with Crippen LogP contribution in [0.3, 0.4) is 0 Å². The molecule has 0 aromatic rings. The Hall–Kier alpha value is -1.14. The van der Waals surface area contributed by atoms with Crippen LogP contribution in [0.25, 0.3) is 0 Å². The van der Waals surface area contributed by atoms with E-state index in [0.717, 1.165) is 51.4 Å². The van der Waals surface area contributed by atoms with Crippen LogP contribution in [0.15, 0.2) is 0 Å². The van der Waals surface area contributed by atoms with Crippen LogP contribution in [0.2, 0.25) is 0 Å². The van der Waals surface area contributed by atoms with Gasteiger partial charge in [0.05, 0.1) is 37.3 Å². The van der Waals surface area contributed by atoms with Gasteiger partial charge in [-0.3, -0.25) is 9.59 Å². The van der Waals surface area contributed by atoms with Crippen molar-refractivity contribution in [2.24, 2.45) is 11.8 Å². The maximum Gasteiger partial charge on any atom is 0.309 e. The minimum absolute atomic E-state index is 0.0356. The first-order valence-corrected chi connectivity index (χ1v) is 10.0. The lowest BCUT2D eigenvalue weighted by Crippen LogP contribution is -2.29. The summed E-state index contributed by atoms with van der Waals surface area (Å²) in [6.45, 7) is 0.777. The second kappa shape index (κ2) is 11.5. The van der Waals surface area contributed by atoms with E-state index in [-0.39, 0.29) is 36.0 Å². The Bertz CT molecular complexity index is 398. The van der Waals surface area contributed by atoms with E-state index in [9.17, 15) is 9.59 Å². The highest BCUT2D eigenvalue weighted by Gasteiger charge is 2.29. The van der Waals surface area contributed by atoms with Gasteiger partial charge in [-0.2, -0.15) is 0 Å². The predicted octanol–water partition coefficient (Wildman–Crippen LogP) is 3.26. The topological polar surface area (TPSA) is 71.1 Å². The number of carbonyl (C=O) groups is 2. The van der Waals surface area contributed by atoms with Crippen LogP contribution < -0.4 is 0 Å². The third kappa shape index (κ3) is 6.88. The van der Waals surface area contributed by atoms with Crippen molar-refractivity contribution in [3.05, 3.63) is 0 Å². The van der Waals surface area contributed by atoms with Crippen LogP contribution in [0.4, 0.5) is 0 Å². The Morgan fingerprint density at radius 1 is 0.731 bits per heavy atom. The molecule has 0 spiro atoms. The third-order valence-electron chi connectivity index (χ3n) is 5.61. The number of esters is 2. The van der Waals surface area contributed by atoms with E-state index in [1.165, 1.54) is 0 Å². The number of hydrogen-bond acceptors (Lipinski definition) is 6. The van der Waals surface area contributed by atoms with Crippen molar-refractivity contribution >= 4 is 11.9 Å². The first-order valence-electron chi connectivity index (χ1n) is 10.0. The molecule has 4 unspecified atom stereocenters. The van der Waals surface area contributed by atoms with Crippen LogP contribution in [0.5, 0.6) is 0 Å². The van der Waals surface area contributed by atoms with E-state index in [0.29, 0.717) is 26.1 Å². The Kier molecular flexibility index (Phi) is 9.40. The molecule has 150 valence electrons. The van der Waals surface area contributed by atoms with E-state index in [1.807, 2.05) is 0 Å². The first kappa shape index (κ1) is 21.2. The van der Waals surface area contributed by atoms with Crippen LogP contribution in [-0.4, -0.2) is 51.6 Å². The van der Waals surface area contributed by atoms with E-state index in [2.05, 4.69) is 0 Å². The van der Waals surface area contributed by atoms with E-state index in [1.54, 1.807) is 14.2 Å². The minimum atomic E-state index is -0.114. The number of rotatable bonds is 9. The summed E-state index contributed by atoms with van der Waals surface area (Å²) in [5.74, 6) is -0.300. The fourth-order valence-corrected chi connectivity index (χ4v) is 3.93. The van der Waals surface area contributed by atoms with Crippen molar-refractivity contribution in [2.75, 3.05) is 27.4 Å². The summed E-state index contributed by atoms with van der Waals surface area (Å²) in [6.07, 6.45) is 9.16. The lowest BCUT2D eigenvalue weighted by Gasteiger charge is -2.27. The lowest BCUT2D eigenvalue weighted by molar-refractivity contribution is -0.153. The molecule has 26 heavy (non-hydrogen) atoms. The van der Waals surface area contributed by atoms with Gasteiger partial charge in [-0.15, -0.1) is 0 Å². The van der Waals surface area contributed by atoms with Gasteiger partial charge < -0.3 is 18.9 Å². The first-order chi connectivity index (χ1) is 12.6. The Morgan fingerprint density at radius 2 is 1.15 bits per heavy atom. The van der Waals surface area contributed by atoms with Crippen LogP contribution >= 0.6 is 0 Å². The van der Waals surface area contributed by atoms with E-state index >= 15 is 0 Å². The highest BCUT2D eigenvalue weighted by atomic mass is 16.5. The third-order valence-corrected chi connectivity index (χ3v) is 5.61. The number of unbranched alkanes of at least 4 members (excludes halogenated alkanes) is 1. The smallest absolute Gasteiger partial charge is 0.309 e. The van der Waals surface area contributed by atoms with Gasteiger partial charge >= 0.3 is 11.9 Å². The molecule has 0 radical (unpaired) electrons. The number of methoxy groups -OCH3 is 2. The second-order valence-corrected chi connectivity index (χ2v) is 7.48. The van der Waals surface area contributed by atoms with Gasteiger partial charge in [0.1, 0.15) is 0 Å². The summed E-state index contributed by atoms with van der Waals surface area (Å²) in [5.41, 5.74) is 0. The van der Waals surface area contributed by atoms with Gasteiger partial charge in [-0.25, -0.2) is 0 Å². The van der Waals surface area contributed by atoms with Crippen molar-refractivity contribution < 1.29 is 28.5 Å². The van der Waals surface area contributed by atoms with Crippen LogP contribution in [-0.2, 0) is 28.5 Å². The van der Waals surface area contributed by atoms with Crippen molar-refractivity contribution in [1.29, 1.82) is 0 Å². The quantitative estimate of drug-likeness (QED) is 0.458. The number of carbonyl (C=O) groups excluding carboxylic acids is 2. The molecule has 6 nitrogen and oxygen atoms in total. The summed E-state index contributed by atoms with van der Waals surface area (Å²) in [7, 11) is 3.39. The largest absolute Gasteiger partial charge is 0.465 e. The Morgan fingerprint density at radius 3 is 1.54 bits per heavy atom. The van der Waals surface area contributed by atoms with Gasteiger partial charge in [-0.1, -0.05) is 12.8 Å². The van der Waals surface area contributed by atoms with Crippen molar-refractivity contribution in [3.63, 3.8) is 0 Å². The fourth-order valence-electron chi connectivity index (χ4n) is 3.93. The molecule has 0 N–H and O–H groups in total. The molecule has 2 rings (SSSR count). The minimum Gasteiger partial charge on any atom is -0.465 e. The molecule has 0 aromatic heterocycles. The van der Waals surface area contributed by atoms with Gasteiger partial charge in [0.25, 0.3) is 0 Å². The van der Waals surface area contributed by atoms with Crippen molar-refractivity contribution in [3.8, 4) is 0 Å². The zero-order chi connectivity index (χ0) is 18.8. The summed E-state index contributed by atoms with van der Waals surface area (Å²) < 4.78 is 21.5. The van der Waals surface area contributed by atoms with Crippen LogP contribution in [0, 0.1) is 11.8 Å². The van der Waals surface area contributed by atoms with Gasteiger partial charge in [0, 0.05) is 14.2 Å². The summed E-state index contributed by atoms with van der Waals surface area (Å²) in [4.78, 5) is 24.2. The van der Waals surface area contributed by atoms with E-state index < -0.39 is 0 Å². The standard InChI is InChI=1S/C20H34O6/c1-23-17-9-5-7-15(13-17)19(21)25-11-3-4-12-26-20(22)16-8-6-10-18(14-16)24-2/h15-18H,3-14H2,1-2H3. The molecule has 2 saturated carbocycles. The second-order valence-electron chi connectivity index (χ2n) is 7.48. The Labute approximate surface area is 156 Å². The average Bonchev–Trinajstić information content (AvgIpc) is 2.70. The molecule has 4 atom stereocenters. The highest BCUT2D eigenvalue weighted by Crippen LogP contribution is 2.28. The molecule has 0 saturated heterocycles. The SMILES string of the molecule is COC1CCCC(C(=O)OCCCCOC(=O)C2CCCC(OC)C2)C1. The lowest BCUT2D eigenvalue weighted by atomic mass is 9.87. The molecule has 0 aromatic carbocycles.